The van der Waals surface area contributed by atoms with E-state index < -0.39 is 10.0 Å². The van der Waals surface area contributed by atoms with Gasteiger partial charge in [0, 0.05) is 38.5 Å². The van der Waals surface area contributed by atoms with Crippen molar-refractivity contribution in [3.05, 3.63) is 24.3 Å². The number of sulfonamides is 1. The number of benzene rings is 1. The molecule has 2 fully saturated rings. The number of ether oxygens (including phenoxy) is 1. The van der Waals surface area contributed by atoms with Gasteiger partial charge >= 0.3 is 0 Å². The average Bonchev–Trinajstić information content (AvgIpc) is 2.69. The molecule has 0 aliphatic carbocycles. The summed E-state index contributed by atoms with van der Waals surface area (Å²) in [6.45, 7) is 3.40. The molecule has 9 heteroatoms. The summed E-state index contributed by atoms with van der Waals surface area (Å²) < 4.78 is 31.9. The summed E-state index contributed by atoms with van der Waals surface area (Å²) in [5, 5.41) is 13.1. The third-order valence-corrected chi connectivity index (χ3v) is 7.05. The van der Waals surface area contributed by atoms with Crippen LogP contribution in [0.2, 0.25) is 0 Å². The van der Waals surface area contributed by atoms with Crippen molar-refractivity contribution in [1.82, 2.24) is 9.21 Å². The second-order valence-electron chi connectivity index (χ2n) is 6.61. The Morgan fingerprint density at radius 3 is 2.58 bits per heavy atom. The fourth-order valence-corrected chi connectivity index (χ4v) is 4.94. The summed E-state index contributed by atoms with van der Waals surface area (Å²) in [5.74, 6) is 0.254. The molecule has 26 heavy (non-hydrogen) atoms. The van der Waals surface area contributed by atoms with Gasteiger partial charge in [-0.3, -0.25) is 0 Å². The summed E-state index contributed by atoms with van der Waals surface area (Å²) in [6, 6.07) is 6.66. The molecule has 3 rings (SSSR count). The summed E-state index contributed by atoms with van der Waals surface area (Å²) >= 11 is 5.46. The largest absolute Gasteiger partial charge is 0.396 e. The molecule has 0 radical (unpaired) electrons. The van der Waals surface area contributed by atoms with Crippen molar-refractivity contribution in [3.63, 3.8) is 0 Å². The maximum Gasteiger partial charge on any atom is 0.243 e. The van der Waals surface area contributed by atoms with Crippen LogP contribution >= 0.6 is 12.2 Å². The topological polar surface area (TPSA) is 82.1 Å². The van der Waals surface area contributed by atoms with Crippen molar-refractivity contribution in [2.45, 2.75) is 17.7 Å². The molecule has 1 aromatic carbocycles. The Morgan fingerprint density at radius 1 is 1.23 bits per heavy atom. The van der Waals surface area contributed by atoms with E-state index in [1.54, 1.807) is 24.3 Å². The van der Waals surface area contributed by atoms with Gasteiger partial charge in [-0.05, 0) is 55.2 Å². The molecule has 1 unspecified atom stereocenters. The fourth-order valence-electron chi connectivity index (χ4n) is 3.25. The Kier molecular flexibility index (Phi) is 6.46. The van der Waals surface area contributed by atoms with Crippen LogP contribution in [-0.2, 0) is 14.8 Å². The van der Waals surface area contributed by atoms with Crippen LogP contribution in [0.25, 0.3) is 0 Å². The van der Waals surface area contributed by atoms with Crippen molar-refractivity contribution in [1.29, 1.82) is 0 Å². The molecule has 7 nitrogen and oxygen atoms in total. The normalized spacial score (nSPS) is 22.2. The maximum atomic E-state index is 12.6. The Balaban J connectivity index is 1.63. The van der Waals surface area contributed by atoms with Crippen LogP contribution in [0.5, 0.6) is 0 Å². The molecule has 2 N–H and O–H groups in total. The molecule has 2 aliphatic rings. The van der Waals surface area contributed by atoms with Crippen LogP contribution in [0.4, 0.5) is 5.69 Å². The van der Waals surface area contributed by atoms with Gasteiger partial charge in [-0.25, -0.2) is 8.42 Å². The van der Waals surface area contributed by atoms with Gasteiger partial charge in [0.25, 0.3) is 0 Å². The third kappa shape index (κ3) is 4.52. The number of hydrogen-bond donors (Lipinski definition) is 2. The molecule has 2 heterocycles. The molecular weight excluding hydrogens is 374 g/mol. The lowest BCUT2D eigenvalue weighted by atomic mass is 9.99. The van der Waals surface area contributed by atoms with Crippen molar-refractivity contribution in [3.8, 4) is 0 Å². The quantitative estimate of drug-likeness (QED) is 0.734. The van der Waals surface area contributed by atoms with E-state index in [2.05, 4.69) is 10.2 Å². The maximum absolute atomic E-state index is 12.6. The summed E-state index contributed by atoms with van der Waals surface area (Å²) in [6.07, 6.45) is 2.02. The summed E-state index contributed by atoms with van der Waals surface area (Å²) in [5.41, 5.74) is 0.752. The van der Waals surface area contributed by atoms with Gasteiger partial charge < -0.3 is 20.1 Å². The number of likely N-dealkylation sites (tertiary alicyclic amines) is 1. The SMILES string of the molecule is O=S(=O)(c1ccc(NC(=S)N2CCCC(CO)C2)cc1)N1CCOCC1. The molecular formula is C17H25N3O4S2. The zero-order valence-corrected chi connectivity index (χ0v) is 16.3. The molecule has 0 spiro atoms. The zero-order chi connectivity index (χ0) is 18.6. The van der Waals surface area contributed by atoms with E-state index in [1.165, 1.54) is 4.31 Å². The number of hydrogen-bond acceptors (Lipinski definition) is 5. The number of thiocarbonyl (C=S) groups is 1. The second-order valence-corrected chi connectivity index (χ2v) is 8.93. The predicted molar refractivity (Wildman–Crippen MR) is 104 cm³/mol. The standard InChI is InChI=1S/C17H25N3O4S2/c21-13-14-2-1-7-19(12-14)17(25)18-15-3-5-16(6-4-15)26(22,23)20-8-10-24-11-9-20/h3-6,14,21H,1-2,7-13H2,(H,18,25). The minimum absolute atomic E-state index is 0.174. The van der Waals surface area contributed by atoms with E-state index in [-0.39, 0.29) is 17.4 Å². The lowest BCUT2D eigenvalue weighted by Crippen LogP contribution is -2.43. The molecule has 0 aromatic heterocycles. The van der Waals surface area contributed by atoms with Crippen molar-refractivity contribution in [2.24, 2.45) is 5.92 Å². The van der Waals surface area contributed by atoms with E-state index in [0.717, 1.165) is 31.6 Å². The first-order valence-corrected chi connectivity index (χ1v) is 10.7. The highest BCUT2D eigenvalue weighted by Gasteiger charge is 2.26. The van der Waals surface area contributed by atoms with Crippen LogP contribution in [-0.4, -0.2) is 73.8 Å². The number of aliphatic hydroxyl groups excluding tert-OH is 1. The van der Waals surface area contributed by atoms with E-state index in [1.807, 2.05) is 0 Å². The van der Waals surface area contributed by atoms with Gasteiger partial charge in [0.2, 0.25) is 10.0 Å². The van der Waals surface area contributed by atoms with Gasteiger partial charge in [-0.2, -0.15) is 4.31 Å². The van der Waals surface area contributed by atoms with E-state index in [4.69, 9.17) is 17.0 Å². The van der Waals surface area contributed by atoms with E-state index in [0.29, 0.717) is 31.4 Å². The Bertz CT molecular complexity index is 718. The number of nitrogens with zero attached hydrogens (tertiary/aromatic N) is 2. The molecule has 0 amide bonds. The fraction of sp³-hybridized carbons (Fsp3) is 0.588. The summed E-state index contributed by atoms with van der Waals surface area (Å²) in [4.78, 5) is 2.33. The smallest absolute Gasteiger partial charge is 0.243 e. The second kappa shape index (κ2) is 8.62. The number of rotatable bonds is 4. The van der Waals surface area contributed by atoms with Gasteiger partial charge in [0.05, 0.1) is 18.1 Å². The zero-order valence-electron chi connectivity index (χ0n) is 14.6. The Labute approximate surface area is 160 Å². The first-order chi connectivity index (χ1) is 12.5. The van der Waals surface area contributed by atoms with E-state index >= 15 is 0 Å². The molecule has 2 aliphatic heterocycles. The lowest BCUT2D eigenvalue weighted by Gasteiger charge is -2.33. The molecule has 2 saturated heterocycles. The minimum atomic E-state index is -3.48. The number of nitrogens with one attached hydrogen (secondary N) is 1. The third-order valence-electron chi connectivity index (χ3n) is 4.78. The minimum Gasteiger partial charge on any atom is -0.396 e. The first-order valence-electron chi connectivity index (χ1n) is 8.85. The average molecular weight is 400 g/mol. The molecule has 144 valence electrons. The van der Waals surface area contributed by atoms with Crippen LogP contribution in [0.3, 0.4) is 0 Å². The molecule has 0 saturated carbocycles. The van der Waals surface area contributed by atoms with Crippen molar-refractivity contribution in [2.75, 3.05) is 51.3 Å². The highest BCUT2D eigenvalue weighted by atomic mass is 32.2. The highest BCUT2D eigenvalue weighted by Crippen LogP contribution is 2.21. The number of anilines is 1. The van der Waals surface area contributed by atoms with Crippen LogP contribution in [0, 0.1) is 5.92 Å². The Hall–Kier alpha value is -1.26. The number of piperidine rings is 1. The van der Waals surface area contributed by atoms with Gasteiger partial charge in [0.1, 0.15) is 0 Å². The van der Waals surface area contributed by atoms with Crippen molar-refractivity contribution >= 4 is 33.0 Å². The molecule has 1 atom stereocenters. The first kappa shape index (κ1) is 19.5. The van der Waals surface area contributed by atoms with Gasteiger partial charge in [0.15, 0.2) is 5.11 Å². The van der Waals surface area contributed by atoms with Crippen molar-refractivity contribution < 1.29 is 18.3 Å². The molecule has 0 bridgehead atoms. The number of morpholine rings is 1. The van der Waals surface area contributed by atoms with Gasteiger partial charge in [-0.1, -0.05) is 0 Å². The van der Waals surface area contributed by atoms with E-state index in [9.17, 15) is 13.5 Å². The van der Waals surface area contributed by atoms with Crippen LogP contribution in [0.1, 0.15) is 12.8 Å². The van der Waals surface area contributed by atoms with Crippen LogP contribution < -0.4 is 5.32 Å². The predicted octanol–water partition coefficient (Wildman–Crippen LogP) is 1.11. The lowest BCUT2D eigenvalue weighted by molar-refractivity contribution is 0.0730. The van der Waals surface area contributed by atoms with Crippen LogP contribution in [0.15, 0.2) is 29.2 Å². The summed E-state index contributed by atoms with van der Waals surface area (Å²) in [7, 11) is -3.48. The number of aliphatic hydroxyl groups is 1. The Morgan fingerprint density at radius 2 is 1.92 bits per heavy atom. The van der Waals surface area contributed by atoms with Gasteiger partial charge in [-0.15, -0.1) is 0 Å². The monoisotopic (exact) mass is 399 g/mol. The molecule has 1 aromatic rings. The highest BCUT2D eigenvalue weighted by molar-refractivity contribution is 7.89.